The smallest absolute Gasteiger partial charge is 0.275 e. The summed E-state index contributed by atoms with van der Waals surface area (Å²) >= 11 is 0. The van der Waals surface area contributed by atoms with Crippen LogP contribution >= 0.6 is 0 Å². The molecule has 5 heteroatoms. The van der Waals surface area contributed by atoms with Crippen LogP contribution in [0, 0.1) is 0 Å². The monoisotopic (exact) mass is 396 g/mol. The Balaban J connectivity index is 1.36. The molecular weight excluding hydrogens is 376 g/mol. The molecule has 0 heterocycles. The average Bonchev–Trinajstić information content (AvgIpc) is 2.78. The van der Waals surface area contributed by atoms with E-state index in [1.165, 1.54) is 6.21 Å². The Morgan fingerprint density at radius 2 is 1.57 bits per heavy atom. The van der Waals surface area contributed by atoms with E-state index >= 15 is 0 Å². The zero-order chi connectivity index (χ0) is 20.8. The molecule has 0 atom stereocenters. The molecule has 0 unspecified atom stereocenters. The van der Waals surface area contributed by atoms with Crippen molar-refractivity contribution in [2.45, 2.75) is 6.61 Å². The number of rotatable bonds is 6. The number of fused-ring (bicyclic) bond motifs is 1. The van der Waals surface area contributed by atoms with Crippen LogP contribution in [0.5, 0.6) is 11.5 Å². The summed E-state index contributed by atoms with van der Waals surface area (Å²) in [6, 6.07) is 28.1. The lowest BCUT2D eigenvalue weighted by atomic mass is 10.1. The van der Waals surface area contributed by atoms with Crippen LogP contribution in [0.15, 0.2) is 96.1 Å². The van der Waals surface area contributed by atoms with Crippen LogP contribution in [-0.2, 0) is 6.61 Å². The molecule has 4 aromatic rings. The maximum atomic E-state index is 12.4. The van der Waals surface area contributed by atoms with Gasteiger partial charge < -0.3 is 9.84 Å². The summed E-state index contributed by atoms with van der Waals surface area (Å²) in [5, 5.41) is 15.9. The summed E-state index contributed by atoms with van der Waals surface area (Å²) in [5.41, 5.74) is 4.54. The number of carbonyl (C=O) groups is 1. The van der Waals surface area contributed by atoms with Crippen molar-refractivity contribution >= 4 is 22.9 Å². The van der Waals surface area contributed by atoms with Gasteiger partial charge in [-0.3, -0.25) is 4.79 Å². The molecule has 0 saturated heterocycles. The number of phenolic OH excluding ortho intramolecular Hbond substituents is 1. The van der Waals surface area contributed by atoms with Gasteiger partial charge in [0.2, 0.25) is 0 Å². The Labute approximate surface area is 174 Å². The summed E-state index contributed by atoms with van der Waals surface area (Å²) in [7, 11) is 0. The molecule has 0 aliphatic carbocycles. The maximum absolute atomic E-state index is 12.4. The zero-order valence-corrected chi connectivity index (χ0v) is 16.2. The van der Waals surface area contributed by atoms with E-state index in [-0.39, 0.29) is 11.3 Å². The Bertz CT molecular complexity index is 1190. The first kappa shape index (κ1) is 19.2. The molecule has 4 rings (SSSR count). The lowest BCUT2D eigenvalue weighted by molar-refractivity contribution is 0.0952. The van der Waals surface area contributed by atoms with Crippen molar-refractivity contribution in [3.8, 4) is 11.5 Å². The highest BCUT2D eigenvalue weighted by atomic mass is 16.5. The van der Waals surface area contributed by atoms with Crippen molar-refractivity contribution in [3.05, 3.63) is 108 Å². The SMILES string of the molecule is O=C(N/N=C\c1ccc(OCc2ccccc2)cc1)c1cc2ccccc2cc1O. The van der Waals surface area contributed by atoms with E-state index in [4.69, 9.17) is 4.74 Å². The number of hydrogen-bond acceptors (Lipinski definition) is 4. The Hall–Kier alpha value is -4.12. The number of hydrazone groups is 1. The van der Waals surface area contributed by atoms with Crippen molar-refractivity contribution in [1.29, 1.82) is 0 Å². The number of aromatic hydroxyl groups is 1. The van der Waals surface area contributed by atoms with E-state index in [1.807, 2.05) is 78.9 Å². The van der Waals surface area contributed by atoms with E-state index in [0.29, 0.717) is 6.61 Å². The number of hydrogen-bond donors (Lipinski definition) is 2. The van der Waals surface area contributed by atoms with E-state index in [1.54, 1.807) is 12.1 Å². The van der Waals surface area contributed by atoms with Gasteiger partial charge in [0.15, 0.2) is 0 Å². The van der Waals surface area contributed by atoms with Crippen LogP contribution in [0.4, 0.5) is 0 Å². The number of carbonyl (C=O) groups excluding carboxylic acids is 1. The molecule has 148 valence electrons. The minimum atomic E-state index is -0.475. The highest BCUT2D eigenvalue weighted by Crippen LogP contribution is 2.24. The number of amides is 1. The normalized spacial score (nSPS) is 10.9. The highest BCUT2D eigenvalue weighted by Gasteiger charge is 2.11. The van der Waals surface area contributed by atoms with E-state index in [2.05, 4.69) is 10.5 Å². The summed E-state index contributed by atoms with van der Waals surface area (Å²) in [6.45, 7) is 0.500. The molecule has 0 aliphatic rings. The predicted octanol–water partition coefficient (Wildman–Crippen LogP) is 4.89. The minimum Gasteiger partial charge on any atom is -0.507 e. The van der Waals surface area contributed by atoms with Gasteiger partial charge in [0, 0.05) is 0 Å². The first-order valence-electron chi connectivity index (χ1n) is 9.51. The summed E-state index contributed by atoms with van der Waals surface area (Å²) in [4.78, 5) is 12.4. The van der Waals surface area contributed by atoms with Crippen molar-refractivity contribution in [2.75, 3.05) is 0 Å². The van der Waals surface area contributed by atoms with Crippen molar-refractivity contribution < 1.29 is 14.6 Å². The topological polar surface area (TPSA) is 70.9 Å². The number of phenols is 1. The van der Waals surface area contributed by atoms with Gasteiger partial charge in [-0.15, -0.1) is 0 Å². The molecule has 30 heavy (non-hydrogen) atoms. The van der Waals surface area contributed by atoms with Gasteiger partial charge in [-0.2, -0.15) is 5.10 Å². The maximum Gasteiger partial charge on any atom is 0.275 e. The number of ether oxygens (including phenoxy) is 1. The van der Waals surface area contributed by atoms with Gasteiger partial charge >= 0.3 is 0 Å². The summed E-state index contributed by atoms with van der Waals surface area (Å²) in [6.07, 6.45) is 1.54. The fourth-order valence-electron chi connectivity index (χ4n) is 3.03. The van der Waals surface area contributed by atoms with Crippen LogP contribution in [0.1, 0.15) is 21.5 Å². The van der Waals surface area contributed by atoms with Crippen LogP contribution in [-0.4, -0.2) is 17.2 Å². The second-order valence-electron chi connectivity index (χ2n) is 6.76. The third kappa shape index (κ3) is 4.64. The first-order chi connectivity index (χ1) is 14.7. The molecule has 0 bridgehead atoms. The third-order valence-corrected chi connectivity index (χ3v) is 4.62. The standard InChI is InChI=1S/C25H20N2O3/c28-24-15-21-9-5-4-8-20(21)14-23(24)25(29)27-26-16-18-10-12-22(13-11-18)30-17-19-6-2-1-3-7-19/h1-16,28H,17H2,(H,27,29)/b26-16-. The Morgan fingerprint density at radius 1 is 0.900 bits per heavy atom. The van der Waals surface area contributed by atoms with Crippen LogP contribution in [0.3, 0.4) is 0 Å². The van der Waals surface area contributed by atoms with Gasteiger partial charge in [0.05, 0.1) is 11.8 Å². The van der Waals surface area contributed by atoms with Crippen LogP contribution in [0.2, 0.25) is 0 Å². The molecule has 0 spiro atoms. The van der Waals surface area contributed by atoms with Gasteiger partial charge in [-0.25, -0.2) is 5.43 Å². The average molecular weight is 396 g/mol. The van der Waals surface area contributed by atoms with Gasteiger partial charge in [0.25, 0.3) is 5.91 Å². The summed E-state index contributed by atoms with van der Waals surface area (Å²) < 4.78 is 5.75. The van der Waals surface area contributed by atoms with Gasteiger partial charge in [-0.05, 0) is 58.3 Å². The molecule has 0 aliphatic heterocycles. The molecule has 4 aromatic carbocycles. The number of nitrogens with zero attached hydrogens (tertiary/aromatic N) is 1. The van der Waals surface area contributed by atoms with Gasteiger partial charge in [-0.1, -0.05) is 54.6 Å². The lowest BCUT2D eigenvalue weighted by Crippen LogP contribution is -2.17. The molecular formula is C25H20N2O3. The zero-order valence-electron chi connectivity index (χ0n) is 16.2. The Kier molecular flexibility index (Phi) is 5.71. The van der Waals surface area contributed by atoms with Crippen LogP contribution in [0.25, 0.3) is 10.8 Å². The third-order valence-electron chi connectivity index (χ3n) is 4.62. The van der Waals surface area contributed by atoms with Gasteiger partial charge in [0.1, 0.15) is 18.1 Å². The fraction of sp³-hybridized carbons (Fsp3) is 0.0400. The minimum absolute atomic E-state index is 0.0821. The molecule has 0 fully saturated rings. The van der Waals surface area contributed by atoms with Crippen LogP contribution < -0.4 is 10.2 Å². The quantitative estimate of drug-likeness (QED) is 0.360. The predicted molar refractivity (Wildman–Crippen MR) is 118 cm³/mol. The largest absolute Gasteiger partial charge is 0.507 e. The molecule has 2 N–H and O–H groups in total. The van der Waals surface area contributed by atoms with Crippen molar-refractivity contribution in [1.82, 2.24) is 5.43 Å². The molecule has 0 saturated carbocycles. The number of nitrogens with one attached hydrogen (secondary N) is 1. The fourth-order valence-corrected chi connectivity index (χ4v) is 3.03. The summed E-state index contributed by atoms with van der Waals surface area (Å²) in [5.74, 6) is 0.194. The second kappa shape index (κ2) is 8.92. The van der Waals surface area contributed by atoms with Crippen molar-refractivity contribution in [2.24, 2.45) is 5.10 Å². The Morgan fingerprint density at radius 3 is 2.30 bits per heavy atom. The molecule has 5 nitrogen and oxygen atoms in total. The molecule has 0 aromatic heterocycles. The molecule has 1 amide bonds. The van der Waals surface area contributed by atoms with Crippen molar-refractivity contribution in [3.63, 3.8) is 0 Å². The lowest BCUT2D eigenvalue weighted by Gasteiger charge is -2.06. The first-order valence-corrected chi connectivity index (χ1v) is 9.51. The highest BCUT2D eigenvalue weighted by molar-refractivity contribution is 6.01. The van der Waals surface area contributed by atoms with E-state index < -0.39 is 5.91 Å². The second-order valence-corrected chi connectivity index (χ2v) is 6.76. The van der Waals surface area contributed by atoms with E-state index in [9.17, 15) is 9.90 Å². The number of benzene rings is 4. The molecule has 0 radical (unpaired) electrons. The van der Waals surface area contributed by atoms with E-state index in [0.717, 1.165) is 27.6 Å².